The van der Waals surface area contributed by atoms with E-state index in [9.17, 15) is 4.79 Å². The fourth-order valence-corrected chi connectivity index (χ4v) is 1.97. The average Bonchev–Trinajstić information content (AvgIpc) is 2.46. The lowest BCUT2D eigenvalue weighted by molar-refractivity contribution is 0.0600. The second kappa shape index (κ2) is 5.63. The molecule has 1 aromatic heterocycles. The van der Waals surface area contributed by atoms with Crippen molar-refractivity contribution in [2.75, 3.05) is 7.11 Å². The average molecular weight is 256 g/mol. The smallest absolute Gasteiger partial charge is 0.337 e. The van der Waals surface area contributed by atoms with Crippen molar-refractivity contribution in [3.05, 3.63) is 53.3 Å². The van der Waals surface area contributed by atoms with Crippen LogP contribution in [0.1, 0.15) is 21.5 Å². The lowest BCUT2D eigenvalue weighted by atomic mass is 9.98. The molecule has 2 rings (SSSR count). The summed E-state index contributed by atoms with van der Waals surface area (Å²) in [5.74, 6) is -0.363. The molecule has 0 aliphatic heterocycles. The van der Waals surface area contributed by atoms with Crippen molar-refractivity contribution >= 4 is 5.97 Å². The van der Waals surface area contributed by atoms with Crippen LogP contribution in [0.3, 0.4) is 0 Å². The van der Waals surface area contributed by atoms with Gasteiger partial charge in [0.25, 0.3) is 0 Å². The molecule has 0 unspecified atom stereocenters. The van der Waals surface area contributed by atoms with Gasteiger partial charge in [0.15, 0.2) is 0 Å². The summed E-state index contributed by atoms with van der Waals surface area (Å²) in [7, 11) is 1.37. The normalized spacial score (nSPS) is 10.3. The molecule has 19 heavy (non-hydrogen) atoms. The molecular formula is C15H16N2O2. The van der Waals surface area contributed by atoms with Gasteiger partial charge in [0.1, 0.15) is 0 Å². The minimum Gasteiger partial charge on any atom is -0.465 e. The second-order valence-electron chi connectivity index (χ2n) is 4.30. The Labute approximate surface area is 112 Å². The highest BCUT2D eigenvalue weighted by Crippen LogP contribution is 2.25. The highest BCUT2D eigenvalue weighted by Gasteiger charge is 2.10. The molecule has 2 aromatic rings. The Balaban J connectivity index is 2.57. The van der Waals surface area contributed by atoms with E-state index in [0.29, 0.717) is 12.1 Å². The summed E-state index contributed by atoms with van der Waals surface area (Å²) in [5, 5.41) is 0. The molecule has 0 aliphatic carbocycles. The number of rotatable bonds is 3. The van der Waals surface area contributed by atoms with E-state index in [2.05, 4.69) is 4.98 Å². The first-order valence-corrected chi connectivity index (χ1v) is 5.99. The summed E-state index contributed by atoms with van der Waals surface area (Å²) in [5.41, 5.74) is 10.1. The predicted molar refractivity (Wildman–Crippen MR) is 73.6 cm³/mol. The zero-order valence-corrected chi connectivity index (χ0v) is 11.0. The molecule has 0 saturated carbocycles. The number of aromatic nitrogens is 1. The molecule has 0 aliphatic rings. The molecule has 0 spiro atoms. The van der Waals surface area contributed by atoms with Gasteiger partial charge in [-0.3, -0.25) is 4.98 Å². The predicted octanol–water partition coefficient (Wildman–Crippen LogP) is 2.30. The van der Waals surface area contributed by atoms with Crippen LogP contribution in [0.2, 0.25) is 0 Å². The van der Waals surface area contributed by atoms with Crippen LogP contribution >= 0.6 is 0 Å². The molecule has 1 aromatic carbocycles. The van der Waals surface area contributed by atoms with Crippen LogP contribution in [0.25, 0.3) is 11.1 Å². The summed E-state index contributed by atoms with van der Waals surface area (Å²) < 4.78 is 4.76. The Bertz CT molecular complexity index is 609. The maximum absolute atomic E-state index is 11.7. The molecule has 0 fully saturated rings. The van der Waals surface area contributed by atoms with E-state index in [0.717, 1.165) is 22.3 Å². The number of benzene rings is 1. The van der Waals surface area contributed by atoms with Gasteiger partial charge in [0.05, 0.1) is 12.7 Å². The Morgan fingerprint density at radius 1 is 1.37 bits per heavy atom. The van der Waals surface area contributed by atoms with Crippen LogP contribution in [0.4, 0.5) is 0 Å². The third-order valence-electron chi connectivity index (χ3n) is 3.00. The van der Waals surface area contributed by atoms with Crippen LogP contribution < -0.4 is 5.73 Å². The Kier molecular flexibility index (Phi) is 3.92. The fraction of sp³-hybridized carbons (Fsp3) is 0.200. The number of nitrogens with zero attached hydrogens (tertiary/aromatic N) is 1. The van der Waals surface area contributed by atoms with Crippen LogP contribution in [-0.2, 0) is 11.3 Å². The molecule has 1 heterocycles. The first-order valence-electron chi connectivity index (χ1n) is 5.99. The zero-order valence-electron chi connectivity index (χ0n) is 11.0. The standard InChI is InChI=1S/C15H16N2O2/c1-10-3-4-17-9-14(10)12-5-11(8-16)6-13(7-12)15(18)19-2/h3-7,9H,8,16H2,1-2H3. The van der Waals surface area contributed by atoms with E-state index in [1.165, 1.54) is 7.11 Å². The number of methoxy groups -OCH3 is 1. The number of carbonyl (C=O) groups is 1. The number of aryl methyl sites for hydroxylation is 1. The highest BCUT2D eigenvalue weighted by molar-refractivity contribution is 5.91. The first kappa shape index (κ1) is 13.2. The summed E-state index contributed by atoms with van der Waals surface area (Å²) in [6, 6.07) is 7.45. The Morgan fingerprint density at radius 2 is 2.16 bits per heavy atom. The SMILES string of the molecule is COC(=O)c1cc(CN)cc(-c2cnccc2C)c1. The van der Waals surface area contributed by atoms with Crippen molar-refractivity contribution in [1.29, 1.82) is 0 Å². The molecule has 0 bridgehead atoms. The highest BCUT2D eigenvalue weighted by atomic mass is 16.5. The number of esters is 1. The molecule has 0 atom stereocenters. The maximum atomic E-state index is 11.7. The topological polar surface area (TPSA) is 65.2 Å². The van der Waals surface area contributed by atoms with Gasteiger partial charge in [-0.1, -0.05) is 0 Å². The van der Waals surface area contributed by atoms with Gasteiger partial charge in [-0.25, -0.2) is 4.79 Å². The number of nitrogens with two attached hydrogens (primary N) is 1. The van der Waals surface area contributed by atoms with Gasteiger partial charge in [0, 0.05) is 24.5 Å². The van der Waals surface area contributed by atoms with Gasteiger partial charge in [0.2, 0.25) is 0 Å². The molecular weight excluding hydrogens is 240 g/mol. The first-order chi connectivity index (χ1) is 9.15. The third kappa shape index (κ3) is 2.80. The van der Waals surface area contributed by atoms with Crippen molar-refractivity contribution in [1.82, 2.24) is 4.98 Å². The van der Waals surface area contributed by atoms with Gasteiger partial charge >= 0.3 is 5.97 Å². The summed E-state index contributed by atoms with van der Waals surface area (Å²) in [6.45, 7) is 2.38. The van der Waals surface area contributed by atoms with Gasteiger partial charge in [-0.2, -0.15) is 0 Å². The largest absolute Gasteiger partial charge is 0.465 e. The van der Waals surface area contributed by atoms with Crippen LogP contribution in [0, 0.1) is 6.92 Å². The minimum absolute atomic E-state index is 0.363. The van der Waals surface area contributed by atoms with Crippen molar-refractivity contribution < 1.29 is 9.53 Å². The van der Waals surface area contributed by atoms with E-state index in [4.69, 9.17) is 10.5 Å². The van der Waals surface area contributed by atoms with E-state index in [1.807, 2.05) is 19.1 Å². The molecule has 0 saturated heterocycles. The second-order valence-corrected chi connectivity index (χ2v) is 4.30. The number of hydrogen-bond donors (Lipinski definition) is 1. The minimum atomic E-state index is -0.363. The molecule has 4 heteroatoms. The summed E-state index contributed by atoms with van der Waals surface area (Å²) in [6.07, 6.45) is 3.53. The van der Waals surface area contributed by atoms with E-state index in [-0.39, 0.29) is 5.97 Å². The third-order valence-corrected chi connectivity index (χ3v) is 3.00. The summed E-state index contributed by atoms with van der Waals surface area (Å²) in [4.78, 5) is 15.8. The van der Waals surface area contributed by atoms with Crippen LogP contribution in [0.15, 0.2) is 36.7 Å². The number of pyridine rings is 1. The van der Waals surface area contributed by atoms with E-state index >= 15 is 0 Å². The van der Waals surface area contributed by atoms with Crippen molar-refractivity contribution in [3.8, 4) is 11.1 Å². The fourth-order valence-electron chi connectivity index (χ4n) is 1.97. The maximum Gasteiger partial charge on any atom is 0.337 e. The van der Waals surface area contributed by atoms with Crippen molar-refractivity contribution in [3.63, 3.8) is 0 Å². The lowest BCUT2D eigenvalue weighted by Crippen LogP contribution is -2.05. The number of carbonyl (C=O) groups excluding carboxylic acids is 1. The van der Waals surface area contributed by atoms with Gasteiger partial charge < -0.3 is 10.5 Å². The zero-order chi connectivity index (χ0) is 13.8. The lowest BCUT2D eigenvalue weighted by Gasteiger charge is -2.09. The quantitative estimate of drug-likeness (QED) is 0.856. The molecule has 0 radical (unpaired) electrons. The molecule has 4 nitrogen and oxygen atoms in total. The van der Waals surface area contributed by atoms with E-state index in [1.54, 1.807) is 24.5 Å². The van der Waals surface area contributed by atoms with Gasteiger partial charge in [-0.15, -0.1) is 0 Å². The molecule has 98 valence electrons. The van der Waals surface area contributed by atoms with Gasteiger partial charge in [-0.05, 0) is 47.9 Å². The number of ether oxygens (including phenoxy) is 1. The number of hydrogen-bond acceptors (Lipinski definition) is 4. The molecule has 2 N–H and O–H groups in total. The Hall–Kier alpha value is -2.20. The van der Waals surface area contributed by atoms with Crippen LogP contribution in [-0.4, -0.2) is 18.1 Å². The van der Waals surface area contributed by atoms with Crippen molar-refractivity contribution in [2.45, 2.75) is 13.5 Å². The Morgan fingerprint density at radius 3 is 2.79 bits per heavy atom. The van der Waals surface area contributed by atoms with Crippen LogP contribution in [0.5, 0.6) is 0 Å². The summed E-state index contributed by atoms with van der Waals surface area (Å²) >= 11 is 0. The van der Waals surface area contributed by atoms with Crippen molar-refractivity contribution in [2.24, 2.45) is 5.73 Å². The molecule has 0 amide bonds. The van der Waals surface area contributed by atoms with E-state index < -0.39 is 0 Å². The monoisotopic (exact) mass is 256 g/mol.